The second-order valence-corrected chi connectivity index (χ2v) is 9.59. The number of amides is 2. The van der Waals surface area contributed by atoms with Gasteiger partial charge < -0.3 is 19.5 Å². The molecule has 2 aromatic carbocycles. The number of piperazine rings is 1. The molecular formula is C24H26ClN5O3S. The fraction of sp³-hybridized carbons (Fsp3) is 0.333. The van der Waals surface area contributed by atoms with Crippen LogP contribution in [0, 0.1) is 5.92 Å². The molecule has 1 N–H and O–H groups in total. The van der Waals surface area contributed by atoms with Gasteiger partial charge in [0.25, 0.3) is 5.22 Å². The van der Waals surface area contributed by atoms with E-state index in [-0.39, 0.29) is 23.5 Å². The van der Waals surface area contributed by atoms with Crippen molar-refractivity contribution in [2.24, 2.45) is 5.92 Å². The van der Waals surface area contributed by atoms with Crippen LogP contribution in [0.2, 0.25) is 5.02 Å². The lowest BCUT2D eigenvalue weighted by atomic mass is 10.1. The van der Waals surface area contributed by atoms with Crippen molar-refractivity contribution in [3.63, 3.8) is 0 Å². The molecule has 0 radical (unpaired) electrons. The van der Waals surface area contributed by atoms with Gasteiger partial charge in [-0.3, -0.25) is 9.59 Å². The number of carbonyl (C=O) groups excluding carboxylic acids is 2. The van der Waals surface area contributed by atoms with E-state index in [0.29, 0.717) is 16.1 Å². The van der Waals surface area contributed by atoms with E-state index in [1.165, 1.54) is 11.8 Å². The molecule has 0 bridgehead atoms. The molecule has 1 fully saturated rings. The molecule has 34 heavy (non-hydrogen) atoms. The Morgan fingerprint density at radius 2 is 1.71 bits per heavy atom. The van der Waals surface area contributed by atoms with Crippen LogP contribution in [0.15, 0.2) is 58.2 Å². The maximum Gasteiger partial charge on any atom is 0.277 e. The maximum absolute atomic E-state index is 12.4. The minimum absolute atomic E-state index is 0.0259. The van der Waals surface area contributed by atoms with Gasteiger partial charge in [-0.05, 0) is 48.5 Å². The smallest absolute Gasteiger partial charge is 0.277 e. The van der Waals surface area contributed by atoms with Crippen molar-refractivity contribution in [1.29, 1.82) is 0 Å². The molecule has 0 aliphatic carbocycles. The van der Waals surface area contributed by atoms with E-state index in [9.17, 15) is 9.59 Å². The number of nitrogens with zero attached hydrogens (tertiary/aromatic N) is 4. The van der Waals surface area contributed by atoms with E-state index in [0.717, 1.165) is 43.1 Å². The number of aromatic nitrogens is 2. The molecule has 0 saturated carbocycles. The zero-order valence-corrected chi connectivity index (χ0v) is 20.6. The van der Waals surface area contributed by atoms with Gasteiger partial charge >= 0.3 is 0 Å². The highest BCUT2D eigenvalue weighted by atomic mass is 35.5. The summed E-state index contributed by atoms with van der Waals surface area (Å²) < 4.78 is 5.62. The zero-order valence-electron chi connectivity index (χ0n) is 19.0. The van der Waals surface area contributed by atoms with Crippen LogP contribution in [0.4, 0.5) is 11.4 Å². The van der Waals surface area contributed by atoms with Crippen molar-refractivity contribution in [3.05, 3.63) is 53.6 Å². The number of hydrogen-bond donors (Lipinski definition) is 1. The number of thioether (sulfide) groups is 1. The first-order valence-corrected chi connectivity index (χ1v) is 12.4. The molecule has 8 nitrogen and oxygen atoms in total. The molecule has 2 heterocycles. The Morgan fingerprint density at radius 3 is 2.35 bits per heavy atom. The number of carbonyl (C=O) groups is 2. The van der Waals surface area contributed by atoms with Gasteiger partial charge in [0.2, 0.25) is 17.7 Å². The monoisotopic (exact) mass is 499 g/mol. The molecular weight excluding hydrogens is 474 g/mol. The molecule has 178 valence electrons. The zero-order chi connectivity index (χ0) is 24.1. The van der Waals surface area contributed by atoms with E-state index in [1.807, 2.05) is 43.0 Å². The predicted molar refractivity (Wildman–Crippen MR) is 134 cm³/mol. The summed E-state index contributed by atoms with van der Waals surface area (Å²) in [5.41, 5.74) is 2.56. The van der Waals surface area contributed by atoms with Gasteiger partial charge in [-0.15, -0.1) is 10.2 Å². The largest absolute Gasteiger partial charge is 0.411 e. The third-order valence-electron chi connectivity index (χ3n) is 5.43. The van der Waals surface area contributed by atoms with Gasteiger partial charge in [0, 0.05) is 54.1 Å². The molecule has 2 amide bonds. The molecule has 10 heteroatoms. The third kappa shape index (κ3) is 6.09. The summed E-state index contributed by atoms with van der Waals surface area (Å²) >= 11 is 7.08. The van der Waals surface area contributed by atoms with Crippen molar-refractivity contribution in [3.8, 4) is 11.5 Å². The van der Waals surface area contributed by atoms with E-state index < -0.39 is 0 Å². The number of benzene rings is 2. The molecule has 4 rings (SSSR count). The number of anilines is 2. The minimum atomic E-state index is -0.162. The molecule has 0 unspecified atom stereocenters. The summed E-state index contributed by atoms with van der Waals surface area (Å²) in [7, 11) is 0. The Bertz CT molecular complexity index is 1130. The third-order valence-corrected chi connectivity index (χ3v) is 6.50. The van der Waals surface area contributed by atoms with Crippen molar-refractivity contribution in [2.75, 3.05) is 42.1 Å². The number of rotatable bonds is 7. The number of nitrogens with one attached hydrogen (secondary N) is 1. The van der Waals surface area contributed by atoms with Crippen LogP contribution in [0.3, 0.4) is 0 Å². The predicted octanol–water partition coefficient (Wildman–Crippen LogP) is 4.43. The first-order chi connectivity index (χ1) is 16.4. The van der Waals surface area contributed by atoms with E-state index in [2.05, 4.69) is 20.4 Å². The van der Waals surface area contributed by atoms with Crippen molar-refractivity contribution >= 4 is 46.6 Å². The highest BCUT2D eigenvalue weighted by Crippen LogP contribution is 2.25. The number of hydrogen-bond acceptors (Lipinski definition) is 7. The van der Waals surface area contributed by atoms with Gasteiger partial charge in [-0.1, -0.05) is 37.2 Å². The second kappa shape index (κ2) is 10.9. The fourth-order valence-electron chi connectivity index (χ4n) is 3.61. The average Bonchev–Trinajstić information content (AvgIpc) is 3.32. The van der Waals surface area contributed by atoms with Gasteiger partial charge in [-0.25, -0.2) is 0 Å². The highest BCUT2D eigenvalue weighted by Gasteiger charge is 2.23. The van der Waals surface area contributed by atoms with Crippen LogP contribution in [0.5, 0.6) is 0 Å². The Hall–Kier alpha value is -3.04. The summed E-state index contributed by atoms with van der Waals surface area (Å²) in [5, 5.41) is 11.8. The fourth-order valence-corrected chi connectivity index (χ4v) is 4.30. The maximum atomic E-state index is 12.4. The van der Waals surface area contributed by atoms with Gasteiger partial charge in [0.1, 0.15) is 0 Å². The minimum Gasteiger partial charge on any atom is -0.411 e. The molecule has 1 aromatic heterocycles. The van der Waals surface area contributed by atoms with Crippen LogP contribution >= 0.6 is 23.4 Å². The van der Waals surface area contributed by atoms with Gasteiger partial charge in [-0.2, -0.15) is 0 Å². The summed E-state index contributed by atoms with van der Waals surface area (Å²) in [6.45, 7) is 6.90. The van der Waals surface area contributed by atoms with Crippen LogP contribution in [-0.4, -0.2) is 58.8 Å². The van der Waals surface area contributed by atoms with Gasteiger partial charge in [0.05, 0.1) is 5.75 Å². The van der Waals surface area contributed by atoms with E-state index in [1.54, 1.807) is 24.3 Å². The standard InChI is InChI=1S/C24H26ClN5O3S/c1-16(2)23(32)30-13-11-29(12-14-30)20-9-7-19(8-10-20)26-21(31)15-34-24-28-27-22(33-24)17-3-5-18(25)6-4-17/h3-10,16H,11-15H2,1-2H3,(H,26,31). The topological polar surface area (TPSA) is 91.6 Å². The summed E-state index contributed by atoms with van der Waals surface area (Å²) in [6.07, 6.45) is 0. The first-order valence-electron chi connectivity index (χ1n) is 11.0. The highest BCUT2D eigenvalue weighted by molar-refractivity contribution is 7.99. The second-order valence-electron chi connectivity index (χ2n) is 8.23. The van der Waals surface area contributed by atoms with Gasteiger partial charge in [0.15, 0.2) is 0 Å². The van der Waals surface area contributed by atoms with E-state index >= 15 is 0 Å². The molecule has 0 spiro atoms. The first kappa shape index (κ1) is 24.1. The Balaban J connectivity index is 1.24. The van der Waals surface area contributed by atoms with Crippen LogP contribution in [0.25, 0.3) is 11.5 Å². The quantitative estimate of drug-likeness (QED) is 0.481. The molecule has 1 aliphatic rings. The SMILES string of the molecule is CC(C)C(=O)N1CCN(c2ccc(NC(=O)CSc3nnc(-c4ccc(Cl)cc4)o3)cc2)CC1. The van der Waals surface area contributed by atoms with Crippen LogP contribution < -0.4 is 10.2 Å². The lowest BCUT2D eigenvalue weighted by molar-refractivity contribution is -0.134. The molecule has 1 aliphatic heterocycles. The van der Waals surface area contributed by atoms with Crippen molar-refractivity contribution in [2.45, 2.75) is 19.1 Å². The summed E-state index contributed by atoms with van der Waals surface area (Å²) in [6, 6.07) is 14.8. The molecule has 3 aromatic rings. The average molecular weight is 500 g/mol. The Morgan fingerprint density at radius 1 is 1.03 bits per heavy atom. The summed E-state index contributed by atoms with van der Waals surface area (Å²) in [4.78, 5) is 28.7. The van der Waals surface area contributed by atoms with Crippen molar-refractivity contribution in [1.82, 2.24) is 15.1 Å². The normalized spacial score (nSPS) is 13.9. The lowest BCUT2D eigenvalue weighted by Crippen LogP contribution is -2.49. The van der Waals surface area contributed by atoms with Crippen LogP contribution in [-0.2, 0) is 9.59 Å². The molecule has 1 saturated heterocycles. The lowest BCUT2D eigenvalue weighted by Gasteiger charge is -2.37. The summed E-state index contributed by atoms with van der Waals surface area (Å²) in [5.74, 6) is 0.597. The number of halogens is 1. The Labute approximate surface area is 207 Å². The van der Waals surface area contributed by atoms with Crippen LogP contribution in [0.1, 0.15) is 13.8 Å². The Kier molecular flexibility index (Phi) is 7.74. The molecule has 0 atom stereocenters. The van der Waals surface area contributed by atoms with Crippen molar-refractivity contribution < 1.29 is 14.0 Å². The van der Waals surface area contributed by atoms with E-state index in [4.69, 9.17) is 16.0 Å².